The van der Waals surface area contributed by atoms with Crippen molar-refractivity contribution in [2.75, 3.05) is 0 Å². The quantitative estimate of drug-likeness (QED) is 0.821. The van der Waals surface area contributed by atoms with Gasteiger partial charge in [0.05, 0.1) is 12.1 Å². The molecule has 0 aliphatic heterocycles. The smallest absolute Gasteiger partial charge is 0.0732 e. The summed E-state index contributed by atoms with van der Waals surface area (Å²) < 4.78 is 0. The molecule has 0 saturated carbocycles. The van der Waals surface area contributed by atoms with Gasteiger partial charge in [0, 0.05) is 0 Å². The van der Waals surface area contributed by atoms with Gasteiger partial charge in [0.15, 0.2) is 0 Å². The molecule has 0 spiro atoms. The summed E-state index contributed by atoms with van der Waals surface area (Å²) in [5, 5.41) is 9.96. The van der Waals surface area contributed by atoms with Gasteiger partial charge in [-0.3, -0.25) is 0 Å². The van der Waals surface area contributed by atoms with Crippen molar-refractivity contribution in [1.82, 2.24) is 0 Å². The summed E-state index contributed by atoms with van der Waals surface area (Å²) >= 11 is 0. The normalized spacial score (nSPS) is 14.9. The summed E-state index contributed by atoms with van der Waals surface area (Å²) in [6.07, 6.45) is 1.28. The molecule has 1 rings (SSSR count). The van der Waals surface area contributed by atoms with Crippen molar-refractivity contribution in [3.8, 4) is 0 Å². The van der Waals surface area contributed by atoms with E-state index in [4.69, 9.17) is 5.73 Å². The van der Waals surface area contributed by atoms with Crippen LogP contribution in [0.5, 0.6) is 0 Å². The Kier molecular flexibility index (Phi) is 4.51. The zero-order valence-electron chi connectivity index (χ0n) is 10.7. The fourth-order valence-electron chi connectivity index (χ4n) is 2.38. The Morgan fingerprint density at radius 1 is 1.19 bits per heavy atom. The molecule has 0 unspecified atom stereocenters. The lowest BCUT2D eigenvalue weighted by atomic mass is 9.90. The summed E-state index contributed by atoms with van der Waals surface area (Å²) in [4.78, 5) is 0. The number of aryl methyl sites for hydroxylation is 3. The topological polar surface area (TPSA) is 46.2 Å². The van der Waals surface area contributed by atoms with Gasteiger partial charge in [-0.15, -0.1) is 0 Å². The second kappa shape index (κ2) is 5.46. The first-order valence-corrected chi connectivity index (χ1v) is 5.98. The van der Waals surface area contributed by atoms with Crippen LogP contribution in [-0.2, 0) is 0 Å². The van der Waals surface area contributed by atoms with Gasteiger partial charge in [-0.1, -0.05) is 31.0 Å². The van der Waals surface area contributed by atoms with Crippen molar-refractivity contribution in [1.29, 1.82) is 0 Å². The molecule has 1 aromatic carbocycles. The van der Waals surface area contributed by atoms with E-state index in [1.54, 1.807) is 0 Å². The van der Waals surface area contributed by atoms with E-state index in [2.05, 4.69) is 39.8 Å². The van der Waals surface area contributed by atoms with Crippen LogP contribution in [0.3, 0.4) is 0 Å². The first kappa shape index (κ1) is 13.2. The number of hydrogen-bond acceptors (Lipinski definition) is 2. The highest BCUT2D eigenvalue weighted by Gasteiger charge is 2.19. The average Bonchev–Trinajstić information content (AvgIpc) is 2.16. The Balaban J connectivity index is 3.03. The molecule has 1 aromatic rings. The van der Waals surface area contributed by atoms with E-state index in [-0.39, 0.29) is 6.04 Å². The van der Waals surface area contributed by atoms with Crippen molar-refractivity contribution >= 4 is 0 Å². The van der Waals surface area contributed by atoms with Gasteiger partial charge >= 0.3 is 0 Å². The lowest BCUT2D eigenvalue weighted by Gasteiger charge is -2.23. The highest BCUT2D eigenvalue weighted by molar-refractivity contribution is 5.39. The fourth-order valence-corrected chi connectivity index (χ4v) is 2.38. The number of nitrogens with two attached hydrogens (primary N) is 1. The second-order valence-corrected chi connectivity index (χ2v) is 4.69. The first-order valence-electron chi connectivity index (χ1n) is 5.98. The van der Waals surface area contributed by atoms with E-state index in [1.165, 1.54) is 16.7 Å². The van der Waals surface area contributed by atoms with Crippen LogP contribution in [0.2, 0.25) is 0 Å². The molecular formula is C14H23NO. The molecule has 2 atom stereocenters. The zero-order valence-corrected chi connectivity index (χ0v) is 10.7. The molecule has 0 heterocycles. The maximum Gasteiger partial charge on any atom is 0.0732 e. The molecule has 0 amide bonds. The maximum atomic E-state index is 9.96. The van der Waals surface area contributed by atoms with Crippen LogP contribution in [0, 0.1) is 20.8 Å². The highest BCUT2D eigenvalue weighted by atomic mass is 16.3. The number of rotatable bonds is 4. The Hall–Kier alpha value is -0.860. The van der Waals surface area contributed by atoms with Crippen LogP contribution >= 0.6 is 0 Å². The van der Waals surface area contributed by atoms with Crippen molar-refractivity contribution in [2.45, 2.75) is 52.7 Å². The zero-order chi connectivity index (χ0) is 12.3. The molecule has 0 fully saturated rings. The van der Waals surface area contributed by atoms with Crippen molar-refractivity contribution in [2.24, 2.45) is 5.73 Å². The van der Waals surface area contributed by atoms with Gasteiger partial charge in [-0.25, -0.2) is 0 Å². The van der Waals surface area contributed by atoms with Gasteiger partial charge in [-0.05, 0) is 43.9 Å². The molecule has 2 heteroatoms. The van der Waals surface area contributed by atoms with Crippen molar-refractivity contribution in [3.05, 3.63) is 34.4 Å². The van der Waals surface area contributed by atoms with Gasteiger partial charge in [0.1, 0.15) is 0 Å². The Labute approximate surface area is 98.5 Å². The van der Waals surface area contributed by atoms with Crippen molar-refractivity contribution < 1.29 is 5.11 Å². The van der Waals surface area contributed by atoms with Crippen LogP contribution < -0.4 is 5.73 Å². The summed E-state index contributed by atoms with van der Waals surface area (Å²) in [7, 11) is 0. The first-order chi connectivity index (χ1) is 7.47. The fraction of sp³-hybridized carbons (Fsp3) is 0.571. The Morgan fingerprint density at radius 2 is 1.69 bits per heavy atom. The van der Waals surface area contributed by atoms with E-state index < -0.39 is 6.10 Å². The third-order valence-electron chi connectivity index (χ3n) is 3.07. The van der Waals surface area contributed by atoms with Gasteiger partial charge < -0.3 is 10.8 Å². The van der Waals surface area contributed by atoms with E-state index in [0.717, 1.165) is 18.4 Å². The molecule has 0 aliphatic carbocycles. The van der Waals surface area contributed by atoms with E-state index in [1.807, 2.05) is 0 Å². The third kappa shape index (κ3) is 2.83. The summed E-state index contributed by atoms with van der Waals surface area (Å²) in [5.74, 6) is 0. The number of hydrogen-bond donors (Lipinski definition) is 2. The molecule has 0 aromatic heterocycles. The summed E-state index contributed by atoms with van der Waals surface area (Å²) in [6, 6.07) is 3.99. The van der Waals surface area contributed by atoms with Gasteiger partial charge in [0.25, 0.3) is 0 Å². The predicted octanol–water partition coefficient (Wildman–Crippen LogP) is 2.77. The van der Waals surface area contributed by atoms with E-state index in [0.29, 0.717) is 0 Å². The molecule has 2 nitrogen and oxygen atoms in total. The SMILES string of the molecule is CCC[C@@H](O)[C@@H](N)c1c(C)cc(C)cc1C. The minimum absolute atomic E-state index is 0.263. The monoisotopic (exact) mass is 221 g/mol. The van der Waals surface area contributed by atoms with Crippen LogP contribution in [-0.4, -0.2) is 11.2 Å². The predicted molar refractivity (Wildman–Crippen MR) is 68.5 cm³/mol. The second-order valence-electron chi connectivity index (χ2n) is 4.69. The lowest BCUT2D eigenvalue weighted by molar-refractivity contribution is 0.134. The van der Waals surface area contributed by atoms with E-state index >= 15 is 0 Å². The third-order valence-corrected chi connectivity index (χ3v) is 3.07. The lowest BCUT2D eigenvalue weighted by Crippen LogP contribution is -2.27. The van der Waals surface area contributed by atoms with Crippen LogP contribution in [0.1, 0.15) is 48.1 Å². The largest absolute Gasteiger partial charge is 0.391 e. The van der Waals surface area contributed by atoms with E-state index in [9.17, 15) is 5.11 Å². The summed E-state index contributed by atoms with van der Waals surface area (Å²) in [5.41, 5.74) is 10.8. The van der Waals surface area contributed by atoms with Crippen LogP contribution in [0.25, 0.3) is 0 Å². The molecule has 90 valence electrons. The van der Waals surface area contributed by atoms with Gasteiger partial charge in [-0.2, -0.15) is 0 Å². The maximum absolute atomic E-state index is 9.96. The van der Waals surface area contributed by atoms with Crippen molar-refractivity contribution in [3.63, 3.8) is 0 Å². The molecule has 3 N–H and O–H groups in total. The molecule has 16 heavy (non-hydrogen) atoms. The highest BCUT2D eigenvalue weighted by Crippen LogP contribution is 2.25. The number of benzene rings is 1. The average molecular weight is 221 g/mol. The molecular weight excluding hydrogens is 198 g/mol. The number of aliphatic hydroxyl groups is 1. The Bertz CT molecular complexity index is 337. The molecule has 0 aliphatic rings. The molecule has 0 radical (unpaired) electrons. The minimum Gasteiger partial charge on any atom is -0.391 e. The van der Waals surface area contributed by atoms with Gasteiger partial charge in [0.2, 0.25) is 0 Å². The Morgan fingerprint density at radius 3 is 2.12 bits per heavy atom. The molecule has 0 saturated heterocycles. The molecule has 0 bridgehead atoms. The summed E-state index contributed by atoms with van der Waals surface area (Å²) in [6.45, 7) is 8.27. The van der Waals surface area contributed by atoms with Crippen LogP contribution in [0.4, 0.5) is 0 Å². The standard InChI is InChI=1S/C14H23NO/c1-5-6-12(16)14(15)13-10(3)7-9(2)8-11(13)4/h7-8,12,14,16H,5-6,15H2,1-4H3/t12-,14-/m1/s1. The minimum atomic E-state index is -0.440. The van der Waals surface area contributed by atoms with Crippen LogP contribution in [0.15, 0.2) is 12.1 Å². The number of aliphatic hydroxyl groups excluding tert-OH is 1.